The predicted molar refractivity (Wildman–Crippen MR) is 111 cm³/mol. The minimum Gasteiger partial charge on any atom is -0.497 e. The summed E-state index contributed by atoms with van der Waals surface area (Å²) in [6.45, 7) is 7.34. The van der Waals surface area contributed by atoms with Crippen molar-refractivity contribution in [2.45, 2.75) is 45.1 Å². The van der Waals surface area contributed by atoms with E-state index in [0.717, 1.165) is 5.69 Å². The summed E-state index contributed by atoms with van der Waals surface area (Å²) < 4.78 is 12.2. The first kappa shape index (κ1) is 20.9. The Morgan fingerprint density at radius 2 is 1.76 bits per heavy atom. The quantitative estimate of drug-likeness (QED) is 0.790. The van der Waals surface area contributed by atoms with Crippen LogP contribution in [0.4, 0.5) is 0 Å². The Kier molecular flexibility index (Phi) is 5.96. The molecule has 1 saturated heterocycles. The Morgan fingerprint density at radius 3 is 2.34 bits per heavy atom. The topological polar surface area (TPSA) is 73.7 Å². The van der Waals surface area contributed by atoms with Crippen LogP contribution >= 0.6 is 0 Å². The van der Waals surface area contributed by atoms with E-state index < -0.39 is 0 Å². The van der Waals surface area contributed by atoms with E-state index in [-0.39, 0.29) is 22.9 Å². The minimum atomic E-state index is -0.130. The van der Waals surface area contributed by atoms with Gasteiger partial charge in [0.05, 0.1) is 31.5 Å². The second-order valence-corrected chi connectivity index (χ2v) is 8.34. The molecule has 156 valence electrons. The number of hydrogen-bond donors (Lipinski definition) is 0. The molecule has 3 rings (SSSR count). The zero-order valence-corrected chi connectivity index (χ0v) is 17.8. The molecule has 1 aromatic heterocycles. The number of carbonyl (C=O) groups is 1. The first-order chi connectivity index (χ1) is 13.7. The van der Waals surface area contributed by atoms with Crippen molar-refractivity contribution in [1.29, 1.82) is 0 Å². The molecule has 2 heterocycles. The van der Waals surface area contributed by atoms with Crippen molar-refractivity contribution < 1.29 is 14.3 Å². The van der Waals surface area contributed by atoms with Crippen LogP contribution in [0.2, 0.25) is 0 Å². The molecule has 0 N–H and O–H groups in total. The molecule has 1 aliphatic rings. The number of carbonyl (C=O) groups excluding carboxylic acids is 1. The van der Waals surface area contributed by atoms with Gasteiger partial charge in [0.15, 0.2) is 0 Å². The van der Waals surface area contributed by atoms with Crippen LogP contribution in [0, 0.1) is 0 Å². The van der Waals surface area contributed by atoms with Gasteiger partial charge in [-0.1, -0.05) is 20.8 Å². The molecule has 1 fully saturated rings. The number of rotatable bonds is 4. The van der Waals surface area contributed by atoms with Crippen molar-refractivity contribution in [2.75, 3.05) is 27.3 Å². The number of ether oxygens (including phenoxy) is 2. The Balaban J connectivity index is 1.76. The number of piperidine rings is 1. The molecule has 0 radical (unpaired) electrons. The average molecular weight is 399 g/mol. The van der Waals surface area contributed by atoms with Gasteiger partial charge in [0.1, 0.15) is 11.5 Å². The number of aromatic nitrogens is 2. The van der Waals surface area contributed by atoms with Crippen LogP contribution in [-0.4, -0.2) is 47.9 Å². The van der Waals surface area contributed by atoms with Gasteiger partial charge in [-0.2, -0.15) is 5.10 Å². The van der Waals surface area contributed by atoms with Gasteiger partial charge in [0, 0.05) is 24.6 Å². The maximum absolute atomic E-state index is 13.0. The lowest BCUT2D eigenvalue weighted by Gasteiger charge is -2.33. The van der Waals surface area contributed by atoms with E-state index in [4.69, 9.17) is 9.47 Å². The van der Waals surface area contributed by atoms with Gasteiger partial charge in [0.25, 0.3) is 11.5 Å². The first-order valence-corrected chi connectivity index (χ1v) is 9.86. The molecule has 1 amide bonds. The molecule has 0 spiro atoms. The maximum atomic E-state index is 13.0. The van der Waals surface area contributed by atoms with Crippen molar-refractivity contribution in [3.63, 3.8) is 0 Å². The third-order valence-corrected chi connectivity index (χ3v) is 5.33. The van der Waals surface area contributed by atoms with Crippen molar-refractivity contribution in [1.82, 2.24) is 14.7 Å². The molecule has 2 aromatic rings. The number of amides is 1. The molecule has 0 atom stereocenters. The van der Waals surface area contributed by atoms with Gasteiger partial charge < -0.3 is 14.4 Å². The second kappa shape index (κ2) is 8.27. The third kappa shape index (κ3) is 4.44. The molecule has 29 heavy (non-hydrogen) atoms. The van der Waals surface area contributed by atoms with Crippen molar-refractivity contribution in [3.8, 4) is 11.5 Å². The van der Waals surface area contributed by atoms with E-state index in [1.54, 1.807) is 54.1 Å². The van der Waals surface area contributed by atoms with E-state index in [0.29, 0.717) is 43.0 Å². The number of hydrogen-bond acceptors (Lipinski definition) is 5. The Morgan fingerprint density at radius 1 is 1.07 bits per heavy atom. The molecular weight excluding hydrogens is 370 g/mol. The molecule has 1 aliphatic heterocycles. The average Bonchev–Trinajstić information content (AvgIpc) is 2.72. The van der Waals surface area contributed by atoms with Gasteiger partial charge >= 0.3 is 0 Å². The standard InChI is InChI=1S/C22H29N3O4/c1-22(2,3)19-8-9-20(26)25(23-19)15-10-12-24(13-11-15)21(27)17-14-16(28-4)6-7-18(17)29-5/h6-9,14-15H,10-13H2,1-5H3. The molecule has 7 heteroatoms. The Bertz CT molecular complexity index is 938. The molecule has 7 nitrogen and oxygen atoms in total. The lowest BCUT2D eigenvalue weighted by Crippen LogP contribution is -2.41. The minimum absolute atomic E-state index is 0.0129. The largest absolute Gasteiger partial charge is 0.497 e. The number of benzene rings is 1. The highest BCUT2D eigenvalue weighted by Gasteiger charge is 2.28. The maximum Gasteiger partial charge on any atom is 0.267 e. The highest BCUT2D eigenvalue weighted by molar-refractivity contribution is 5.97. The van der Waals surface area contributed by atoms with Crippen LogP contribution in [0.3, 0.4) is 0 Å². The highest BCUT2D eigenvalue weighted by Crippen LogP contribution is 2.28. The van der Waals surface area contributed by atoms with Crippen LogP contribution in [0.15, 0.2) is 35.1 Å². The summed E-state index contributed by atoms with van der Waals surface area (Å²) in [6, 6.07) is 8.58. The van der Waals surface area contributed by atoms with Crippen molar-refractivity contribution in [3.05, 3.63) is 51.9 Å². The van der Waals surface area contributed by atoms with Crippen LogP contribution < -0.4 is 15.0 Å². The van der Waals surface area contributed by atoms with Crippen LogP contribution in [0.25, 0.3) is 0 Å². The van der Waals surface area contributed by atoms with E-state index in [1.807, 2.05) is 0 Å². The van der Waals surface area contributed by atoms with Gasteiger partial charge in [-0.3, -0.25) is 9.59 Å². The van der Waals surface area contributed by atoms with Gasteiger partial charge in [-0.05, 0) is 37.1 Å². The lowest BCUT2D eigenvalue weighted by atomic mass is 9.92. The fraction of sp³-hybridized carbons (Fsp3) is 0.500. The van der Waals surface area contributed by atoms with Gasteiger partial charge in [0.2, 0.25) is 0 Å². The van der Waals surface area contributed by atoms with Gasteiger partial charge in [-0.15, -0.1) is 0 Å². The number of methoxy groups -OCH3 is 2. The second-order valence-electron chi connectivity index (χ2n) is 8.34. The van der Waals surface area contributed by atoms with Crippen LogP contribution in [0.1, 0.15) is 55.7 Å². The fourth-order valence-corrected chi connectivity index (χ4v) is 3.55. The Hall–Kier alpha value is -2.83. The summed E-state index contributed by atoms with van der Waals surface area (Å²) in [5, 5.41) is 4.61. The summed E-state index contributed by atoms with van der Waals surface area (Å²) in [4.78, 5) is 27.2. The van der Waals surface area contributed by atoms with E-state index in [1.165, 1.54) is 0 Å². The zero-order valence-electron chi connectivity index (χ0n) is 17.8. The normalized spacial score (nSPS) is 15.3. The highest BCUT2D eigenvalue weighted by atomic mass is 16.5. The molecular formula is C22H29N3O4. The first-order valence-electron chi connectivity index (χ1n) is 9.86. The Labute approximate surface area is 171 Å². The zero-order chi connectivity index (χ0) is 21.2. The van der Waals surface area contributed by atoms with Crippen molar-refractivity contribution >= 4 is 5.91 Å². The predicted octanol–water partition coefficient (Wildman–Crippen LogP) is 3.04. The molecule has 1 aromatic carbocycles. The number of likely N-dealkylation sites (tertiary alicyclic amines) is 1. The van der Waals surface area contributed by atoms with Gasteiger partial charge in [-0.25, -0.2) is 4.68 Å². The molecule has 0 bridgehead atoms. The fourth-order valence-electron chi connectivity index (χ4n) is 3.55. The summed E-state index contributed by atoms with van der Waals surface area (Å²) in [5.74, 6) is 1.04. The summed E-state index contributed by atoms with van der Waals surface area (Å²) in [6.07, 6.45) is 1.36. The molecule has 0 aliphatic carbocycles. The molecule has 0 saturated carbocycles. The number of nitrogens with zero attached hydrogens (tertiary/aromatic N) is 3. The third-order valence-electron chi connectivity index (χ3n) is 5.33. The monoisotopic (exact) mass is 399 g/mol. The summed E-state index contributed by atoms with van der Waals surface area (Å²) >= 11 is 0. The van der Waals surface area contributed by atoms with Crippen LogP contribution in [0.5, 0.6) is 11.5 Å². The van der Waals surface area contributed by atoms with Crippen molar-refractivity contribution in [2.24, 2.45) is 0 Å². The summed E-state index contributed by atoms with van der Waals surface area (Å²) in [7, 11) is 3.11. The smallest absolute Gasteiger partial charge is 0.267 e. The van der Waals surface area contributed by atoms with E-state index in [2.05, 4.69) is 25.9 Å². The lowest BCUT2D eigenvalue weighted by molar-refractivity contribution is 0.0683. The SMILES string of the molecule is COc1ccc(OC)c(C(=O)N2CCC(n3nc(C(C)(C)C)ccc3=O)CC2)c1. The van der Waals surface area contributed by atoms with E-state index >= 15 is 0 Å². The summed E-state index contributed by atoms with van der Waals surface area (Å²) in [5.41, 5.74) is 1.14. The van der Waals surface area contributed by atoms with E-state index in [9.17, 15) is 9.59 Å². The van der Waals surface area contributed by atoms with Crippen LogP contribution in [-0.2, 0) is 5.41 Å². The molecule has 0 unspecified atom stereocenters.